The Labute approximate surface area is 177 Å². The number of piperidine rings is 1. The molecular weight excluding hydrogens is 418 g/mol. The van der Waals surface area contributed by atoms with Crippen LogP contribution in [0.5, 0.6) is 0 Å². The first kappa shape index (κ1) is 21.5. The number of hydrogen-bond acceptors (Lipinski definition) is 7. The summed E-state index contributed by atoms with van der Waals surface area (Å²) in [4.78, 5) is 37.6. The van der Waals surface area contributed by atoms with E-state index in [1.54, 1.807) is 14.0 Å². The largest absolute Gasteiger partial charge is 0.477 e. The van der Waals surface area contributed by atoms with Crippen LogP contribution in [-0.2, 0) is 11.2 Å². The van der Waals surface area contributed by atoms with Gasteiger partial charge in [-0.3, -0.25) is 4.79 Å². The van der Waals surface area contributed by atoms with Gasteiger partial charge < -0.3 is 25.0 Å². The van der Waals surface area contributed by atoms with Crippen LogP contribution in [0.3, 0.4) is 0 Å². The zero-order valence-corrected chi connectivity index (χ0v) is 18.1. The number of hydrogen-bond donors (Lipinski definition) is 3. The zero-order chi connectivity index (χ0) is 21.1. The van der Waals surface area contributed by atoms with Crippen molar-refractivity contribution in [3.63, 3.8) is 0 Å². The third kappa shape index (κ3) is 4.71. The number of aromatic amines is 1. The molecule has 0 radical (unpaired) electrons. The molecule has 1 fully saturated rings. The molecule has 0 saturated carbocycles. The molecule has 0 aliphatic carbocycles. The topological polar surface area (TPSA) is 120 Å². The Morgan fingerprint density at radius 3 is 2.83 bits per heavy atom. The summed E-state index contributed by atoms with van der Waals surface area (Å²) in [5, 5.41) is 13.2. The number of H-pyrrole nitrogens is 1. The van der Waals surface area contributed by atoms with Gasteiger partial charge in [0.15, 0.2) is 16.1 Å². The molecule has 0 spiro atoms. The molecule has 2 aromatic rings. The standard InChI is InChI=1S/C18H24ClN5O4S/c1-4-5-11-14(19)23-15(21-11)16(25)22-10-6-7-24(8-12(10)28-3)18-20-9(2)13(29-18)17(26)27/h10,12H,4-8H2,1-3H3,(H,21,23)(H,22,25)(H,26,27). The average molecular weight is 442 g/mol. The molecule has 0 bridgehead atoms. The molecule has 2 atom stereocenters. The van der Waals surface area contributed by atoms with E-state index in [0.717, 1.165) is 29.9 Å². The van der Waals surface area contributed by atoms with Crippen LogP contribution in [0.15, 0.2) is 0 Å². The molecule has 3 heterocycles. The van der Waals surface area contributed by atoms with E-state index in [2.05, 4.69) is 20.3 Å². The van der Waals surface area contributed by atoms with Gasteiger partial charge in [0.1, 0.15) is 4.88 Å². The van der Waals surface area contributed by atoms with Gasteiger partial charge in [0.25, 0.3) is 5.91 Å². The fourth-order valence-electron chi connectivity index (χ4n) is 3.36. The van der Waals surface area contributed by atoms with E-state index in [1.165, 1.54) is 0 Å². The summed E-state index contributed by atoms with van der Waals surface area (Å²) in [6.45, 7) is 4.83. The van der Waals surface area contributed by atoms with E-state index in [9.17, 15) is 14.7 Å². The van der Waals surface area contributed by atoms with Gasteiger partial charge in [-0.25, -0.2) is 14.8 Å². The van der Waals surface area contributed by atoms with Crippen molar-refractivity contribution in [1.29, 1.82) is 0 Å². The van der Waals surface area contributed by atoms with Crippen LogP contribution in [0.1, 0.15) is 51.4 Å². The maximum atomic E-state index is 12.6. The molecule has 158 valence electrons. The summed E-state index contributed by atoms with van der Waals surface area (Å²) in [7, 11) is 1.59. The summed E-state index contributed by atoms with van der Waals surface area (Å²) in [5.41, 5.74) is 1.25. The number of methoxy groups -OCH3 is 1. The number of carbonyl (C=O) groups excluding carboxylic acids is 1. The average Bonchev–Trinajstić information content (AvgIpc) is 3.25. The van der Waals surface area contributed by atoms with Crippen LogP contribution in [0.2, 0.25) is 5.15 Å². The van der Waals surface area contributed by atoms with Crippen molar-refractivity contribution in [3.05, 3.63) is 27.2 Å². The normalized spacial score (nSPS) is 19.4. The minimum Gasteiger partial charge on any atom is -0.477 e. The minimum absolute atomic E-state index is 0.192. The lowest BCUT2D eigenvalue weighted by atomic mass is 10.0. The van der Waals surface area contributed by atoms with Crippen LogP contribution in [0.25, 0.3) is 0 Å². The van der Waals surface area contributed by atoms with E-state index in [-0.39, 0.29) is 28.8 Å². The van der Waals surface area contributed by atoms with E-state index >= 15 is 0 Å². The monoisotopic (exact) mass is 441 g/mol. The van der Waals surface area contributed by atoms with Gasteiger partial charge in [0, 0.05) is 20.2 Å². The first-order chi connectivity index (χ1) is 13.8. The second kappa shape index (κ2) is 9.10. The number of aryl methyl sites for hydroxylation is 2. The Hall–Kier alpha value is -2.17. The van der Waals surface area contributed by atoms with Gasteiger partial charge >= 0.3 is 5.97 Å². The molecular formula is C18H24ClN5O4S. The van der Waals surface area contributed by atoms with Crippen LogP contribution in [-0.4, -0.2) is 64.3 Å². The molecule has 29 heavy (non-hydrogen) atoms. The van der Waals surface area contributed by atoms with Gasteiger partial charge in [-0.05, 0) is 19.8 Å². The number of aromatic carboxylic acids is 1. The Morgan fingerprint density at radius 2 is 2.21 bits per heavy atom. The Morgan fingerprint density at radius 1 is 1.45 bits per heavy atom. The predicted molar refractivity (Wildman–Crippen MR) is 110 cm³/mol. The fourth-order valence-corrected chi connectivity index (χ4v) is 4.53. The summed E-state index contributed by atoms with van der Waals surface area (Å²) < 4.78 is 5.59. The maximum Gasteiger partial charge on any atom is 0.347 e. The molecule has 2 aromatic heterocycles. The molecule has 3 N–H and O–H groups in total. The summed E-state index contributed by atoms with van der Waals surface area (Å²) in [6, 6.07) is -0.206. The van der Waals surface area contributed by atoms with Gasteiger partial charge in [-0.2, -0.15) is 0 Å². The van der Waals surface area contributed by atoms with E-state index < -0.39 is 5.97 Å². The van der Waals surface area contributed by atoms with Crippen LogP contribution in [0.4, 0.5) is 5.13 Å². The second-order valence-electron chi connectivity index (χ2n) is 6.91. The number of halogens is 1. The van der Waals surface area contributed by atoms with E-state index in [0.29, 0.717) is 35.5 Å². The molecule has 9 nitrogen and oxygen atoms in total. The van der Waals surface area contributed by atoms with Gasteiger partial charge in [-0.15, -0.1) is 0 Å². The third-order valence-electron chi connectivity index (χ3n) is 4.87. The number of anilines is 1. The highest BCUT2D eigenvalue weighted by Crippen LogP contribution is 2.29. The van der Waals surface area contributed by atoms with Gasteiger partial charge in [0.05, 0.1) is 23.5 Å². The first-order valence-corrected chi connectivity index (χ1v) is 10.6. The molecule has 1 aliphatic heterocycles. The Balaban J connectivity index is 1.67. The van der Waals surface area contributed by atoms with Crippen LogP contribution >= 0.6 is 22.9 Å². The lowest BCUT2D eigenvalue weighted by molar-refractivity contribution is 0.0538. The van der Waals surface area contributed by atoms with Crippen molar-refractivity contribution in [2.24, 2.45) is 0 Å². The fraction of sp³-hybridized carbons (Fsp3) is 0.556. The number of carbonyl (C=O) groups is 2. The summed E-state index contributed by atoms with van der Waals surface area (Å²) in [5.74, 6) is -1.11. The molecule has 11 heteroatoms. The number of nitrogens with one attached hydrogen (secondary N) is 2. The smallest absolute Gasteiger partial charge is 0.347 e. The van der Waals surface area contributed by atoms with Crippen molar-refractivity contribution in [2.45, 2.75) is 45.3 Å². The van der Waals surface area contributed by atoms with Gasteiger partial charge in [0.2, 0.25) is 0 Å². The Kier molecular flexibility index (Phi) is 6.76. The van der Waals surface area contributed by atoms with Crippen molar-refractivity contribution in [1.82, 2.24) is 20.3 Å². The number of nitrogens with zero attached hydrogens (tertiary/aromatic N) is 3. The predicted octanol–water partition coefficient (Wildman–Crippen LogP) is 2.50. The highest BCUT2D eigenvalue weighted by Gasteiger charge is 2.33. The molecule has 0 aromatic carbocycles. The van der Waals surface area contributed by atoms with Crippen molar-refractivity contribution >= 4 is 39.9 Å². The van der Waals surface area contributed by atoms with Crippen LogP contribution in [0, 0.1) is 6.92 Å². The molecule has 1 aliphatic rings. The Bertz CT molecular complexity index is 899. The summed E-state index contributed by atoms with van der Waals surface area (Å²) in [6.07, 6.45) is 1.98. The van der Waals surface area contributed by atoms with E-state index in [4.69, 9.17) is 16.3 Å². The number of amides is 1. The van der Waals surface area contributed by atoms with E-state index in [1.807, 2.05) is 11.8 Å². The molecule has 1 amide bonds. The third-order valence-corrected chi connectivity index (χ3v) is 6.39. The number of carboxylic acid groups (broad SMARTS) is 1. The zero-order valence-electron chi connectivity index (χ0n) is 16.5. The lowest BCUT2D eigenvalue weighted by Crippen LogP contribution is -2.55. The SMILES string of the molecule is CCCc1[nH]c(C(=O)NC2CCN(c3nc(C)c(C(=O)O)s3)CC2OC)nc1Cl. The number of ether oxygens (including phenoxy) is 1. The number of rotatable bonds is 7. The number of imidazole rings is 1. The first-order valence-electron chi connectivity index (χ1n) is 9.37. The van der Waals surface area contributed by atoms with Crippen molar-refractivity contribution < 1.29 is 19.4 Å². The van der Waals surface area contributed by atoms with Crippen molar-refractivity contribution in [2.75, 3.05) is 25.1 Å². The summed E-state index contributed by atoms with van der Waals surface area (Å²) >= 11 is 7.24. The number of carboxylic acids is 1. The molecule has 3 rings (SSSR count). The number of aromatic nitrogens is 3. The highest BCUT2D eigenvalue weighted by atomic mass is 35.5. The molecule has 1 saturated heterocycles. The minimum atomic E-state index is -0.976. The molecule has 2 unspecified atom stereocenters. The number of thiazole rings is 1. The maximum absolute atomic E-state index is 12.6. The van der Waals surface area contributed by atoms with Gasteiger partial charge in [-0.1, -0.05) is 36.3 Å². The van der Waals surface area contributed by atoms with Crippen molar-refractivity contribution in [3.8, 4) is 0 Å². The quantitative estimate of drug-likeness (QED) is 0.603. The second-order valence-corrected chi connectivity index (χ2v) is 8.25. The van der Waals surface area contributed by atoms with Crippen LogP contribution < -0.4 is 10.2 Å². The highest BCUT2D eigenvalue weighted by molar-refractivity contribution is 7.17. The lowest BCUT2D eigenvalue weighted by Gasteiger charge is -2.37.